The second-order valence-electron chi connectivity index (χ2n) is 4.28. The van der Waals surface area contributed by atoms with E-state index < -0.39 is 0 Å². The van der Waals surface area contributed by atoms with Gasteiger partial charge in [0.2, 0.25) is 0 Å². The highest BCUT2D eigenvalue weighted by Gasteiger charge is 2.23. The third-order valence-corrected chi connectivity index (χ3v) is 4.08. The molecule has 5 heteroatoms. The number of benzene rings is 1. The van der Waals surface area contributed by atoms with Crippen molar-refractivity contribution in [3.8, 4) is 0 Å². The van der Waals surface area contributed by atoms with Crippen LogP contribution in [0.5, 0.6) is 0 Å². The number of hydrogen-bond acceptors (Lipinski definition) is 2. The van der Waals surface area contributed by atoms with E-state index >= 15 is 0 Å². The van der Waals surface area contributed by atoms with Crippen molar-refractivity contribution in [2.45, 2.75) is 18.9 Å². The predicted molar refractivity (Wildman–Crippen MR) is 77.3 cm³/mol. The number of likely N-dealkylation sites (tertiary alicyclic amines) is 1. The zero-order valence-electron chi connectivity index (χ0n) is 9.33. The molecule has 0 unspecified atom stereocenters. The molecule has 1 aliphatic heterocycles. The van der Waals surface area contributed by atoms with Crippen molar-refractivity contribution >= 4 is 40.1 Å². The largest absolute Gasteiger partial charge is 0.337 e. The van der Waals surface area contributed by atoms with Gasteiger partial charge in [0.1, 0.15) is 0 Å². The van der Waals surface area contributed by atoms with Crippen LogP contribution in [0.3, 0.4) is 0 Å². The van der Waals surface area contributed by atoms with Crippen molar-refractivity contribution in [3.63, 3.8) is 0 Å². The summed E-state index contributed by atoms with van der Waals surface area (Å²) >= 11 is 8.09. The van der Waals surface area contributed by atoms with Crippen LogP contribution in [0.4, 0.5) is 0 Å². The van der Waals surface area contributed by atoms with Gasteiger partial charge >= 0.3 is 0 Å². The van der Waals surface area contributed by atoms with Gasteiger partial charge in [-0.2, -0.15) is 0 Å². The van der Waals surface area contributed by atoms with Crippen LogP contribution in [0, 0.1) is 3.57 Å². The van der Waals surface area contributed by atoms with Crippen LogP contribution in [-0.2, 0) is 0 Å². The Morgan fingerprint density at radius 2 is 2.29 bits per heavy atom. The van der Waals surface area contributed by atoms with E-state index in [0.717, 1.165) is 23.0 Å². The molecule has 1 amide bonds. The molecule has 1 heterocycles. The summed E-state index contributed by atoms with van der Waals surface area (Å²) in [4.78, 5) is 14.1. The molecule has 1 atom stereocenters. The van der Waals surface area contributed by atoms with E-state index in [1.54, 1.807) is 12.1 Å². The first-order valence-corrected chi connectivity index (χ1v) is 7.03. The molecule has 1 aliphatic rings. The first-order chi connectivity index (χ1) is 8.08. The molecule has 2 N–H and O–H groups in total. The predicted octanol–water partition coefficient (Wildman–Crippen LogP) is 2.51. The van der Waals surface area contributed by atoms with Crippen molar-refractivity contribution in [1.82, 2.24) is 4.90 Å². The van der Waals surface area contributed by atoms with E-state index in [9.17, 15) is 4.79 Å². The van der Waals surface area contributed by atoms with Gasteiger partial charge in [-0.1, -0.05) is 11.6 Å². The SMILES string of the molecule is N[C@@H]1CCCN(C(=O)c2cc(Cl)ccc2I)C1. The molecule has 0 aromatic heterocycles. The van der Waals surface area contributed by atoms with E-state index in [4.69, 9.17) is 17.3 Å². The minimum atomic E-state index is 0.0343. The van der Waals surface area contributed by atoms with Crippen LogP contribution in [0.2, 0.25) is 5.02 Å². The van der Waals surface area contributed by atoms with Gasteiger partial charge in [0, 0.05) is 27.7 Å². The number of carbonyl (C=O) groups is 1. The lowest BCUT2D eigenvalue weighted by atomic mass is 10.1. The smallest absolute Gasteiger partial charge is 0.255 e. The molecule has 3 nitrogen and oxygen atoms in total. The third kappa shape index (κ3) is 3.11. The zero-order valence-corrected chi connectivity index (χ0v) is 12.2. The summed E-state index contributed by atoms with van der Waals surface area (Å²) in [5.41, 5.74) is 6.56. The Morgan fingerprint density at radius 1 is 1.53 bits per heavy atom. The van der Waals surface area contributed by atoms with E-state index in [0.29, 0.717) is 17.1 Å². The summed E-state index contributed by atoms with van der Waals surface area (Å²) in [6.45, 7) is 1.43. The first-order valence-electron chi connectivity index (χ1n) is 5.58. The van der Waals surface area contributed by atoms with Crippen LogP contribution >= 0.6 is 34.2 Å². The molecule has 0 aliphatic carbocycles. The lowest BCUT2D eigenvalue weighted by Gasteiger charge is -2.31. The second-order valence-corrected chi connectivity index (χ2v) is 5.88. The number of carbonyl (C=O) groups excluding carboxylic acids is 1. The molecule has 2 rings (SSSR count). The molecule has 1 aromatic carbocycles. The highest BCUT2D eigenvalue weighted by molar-refractivity contribution is 14.1. The minimum Gasteiger partial charge on any atom is -0.337 e. The molecule has 1 aromatic rings. The molecule has 1 saturated heterocycles. The maximum atomic E-state index is 12.3. The van der Waals surface area contributed by atoms with Crippen LogP contribution in [0.25, 0.3) is 0 Å². The Balaban J connectivity index is 2.21. The average molecular weight is 365 g/mol. The van der Waals surface area contributed by atoms with E-state index in [1.165, 1.54) is 0 Å². The molecular formula is C12H14ClIN2O. The van der Waals surface area contributed by atoms with Gasteiger partial charge in [0.15, 0.2) is 0 Å². The Morgan fingerprint density at radius 3 is 3.00 bits per heavy atom. The Hall–Kier alpha value is -0.330. The number of nitrogens with zero attached hydrogens (tertiary/aromatic N) is 1. The summed E-state index contributed by atoms with van der Waals surface area (Å²) < 4.78 is 0.927. The highest BCUT2D eigenvalue weighted by atomic mass is 127. The van der Waals surface area contributed by atoms with Crippen LogP contribution in [-0.4, -0.2) is 29.9 Å². The Kier molecular flexibility index (Phi) is 4.27. The normalized spacial score (nSPS) is 20.4. The number of hydrogen-bond donors (Lipinski definition) is 1. The van der Waals surface area contributed by atoms with Crippen molar-refractivity contribution in [3.05, 3.63) is 32.4 Å². The van der Waals surface area contributed by atoms with Crippen molar-refractivity contribution in [1.29, 1.82) is 0 Å². The molecule has 92 valence electrons. The maximum absolute atomic E-state index is 12.3. The number of piperidine rings is 1. The third-order valence-electron chi connectivity index (χ3n) is 2.90. The average Bonchev–Trinajstić information content (AvgIpc) is 2.31. The lowest BCUT2D eigenvalue weighted by Crippen LogP contribution is -2.45. The number of nitrogens with two attached hydrogens (primary N) is 1. The quantitative estimate of drug-likeness (QED) is 0.778. The fraction of sp³-hybridized carbons (Fsp3) is 0.417. The molecule has 17 heavy (non-hydrogen) atoms. The van der Waals surface area contributed by atoms with Crippen LogP contribution in [0.15, 0.2) is 18.2 Å². The maximum Gasteiger partial charge on any atom is 0.255 e. The van der Waals surface area contributed by atoms with Crippen molar-refractivity contribution in [2.24, 2.45) is 5.73 Å². The van der Waals surface area contributed by atoms with Gasteiger partial charge in [-0.15, -0.1) is 0 Å². The van der Waals surface area contributed by atoms with Crippen molar-refractivity contribution < 1.29 is 4.79 Å². The lowest BCUT2D eigenvalue weighted by molar-refractivity contribution is 0.0708. The summed E-state index contributed by atoms with van der Waals surface area (Å²) in [6.07, 6.45) is 1.97. The summed E-state index contributed by atoms with van der Waals surface area (Å²) in [5, 5.41) is 0.593. The van der Waals surface area contributed by atoms with Gasteiger partial charge < -0.3 is 10.6 Å². The number of halogens is 2. The monoisotopic (exact) mass is 364 g/mol. The van der Waals surface area contributed by atoms with Gasteiger partial charge in [0.25, 0.3) is 5.91 Å². The van der Waals surface area contributed by atoms with Crippen LogP contribution < -0.4 is 5.73 Å². The van der Waals surface area contributed by atoms with Crippen LogP contribution in [0.1, 0.15) is 23.2 Å². The second kappa shape index (κ2) is 5.54. The first kappa shape index (κ1) is 13.1. The van der Waals surface area contributed by atoms with E-state index in [1.807, 2.05) is 11.0 Å². The molecule has 0 bridgehead atoms. The van der Waals surface area contributed by atoms with E-state index in [2.05, 4.69) is 22.6 Å². The number of amides is 1. The standard InChI is InChI=1S/C12H14ClIN2O/c13-8-3-4-11(14)10(6-8)12(17)16-5-1-2-9(15)7-16/h3-4,6,9H,1-2,5,7,15H2/t9-/m1/s1. The summed E-state index contributed by atoms with van der Waals surface area (Å²) in [6, 6.07) is 5.48. The highest BCUT2D eigenvalue weighted by Crippen LogP contribution is 2.21. The Bertz CT molecular complexity index is 439. The van der Waals surface area contributed by atoms with E-state index in [-0.39, 0.29) is 11.9 Å². The van der Waals surface area contributed by atoms with Gasteiger partial charge in [-0.05, 0) is 53.6 Å². The summed E-state index contributed by atoms with van der Waals surface area (Å²) in [7, 11) is 0. The zero-order chi connectivity index (χ0) is 12.4. The molecule has 0 radical (unpaired) electrons. The van der Waals surface area contributed by atoms with Gasteiger partial charge in [-0.3, -0.25) is 4.79 Å². The summed E-state index contributed by atoms with van der Waals surface area (Å²) in [5.74, 6) is 0.0343. The topological polar surface area (TPSA) is 46.3 Å². The van der Waals surface area contributed by atoms with Crippen molar-refractivity contribution in [2.75, 3.05) is 13.1 Å². The number of rotatable bonds is 1. The molecule has 1 fully saturated rings. The fourth-order valence-corrected chi connectivity index (χ4v) is 2.76. The molecular weight excluding hydrogens is 351 g/mol. The van der Waals surface area contributed by atoms with Gasteiger partial charge in [0.05, 0.1) is 5.56 Å². The fourth-order valence-electron chi connectivity index (χ4n) is 2.03. The molecule has 0 spiro atoms. The minimum absolute atomic E-state index is 0.0343. The Labute approximate surface area is 119 Å². The van der Waals surface area contributed by atoms with Gasteiger partial charge in [-0.25, -0.2) is 0 Å². The molecule has 0 saturated carbocycles.